The van der Waals surface area contributed by atoms with Gasteiger partial charge in [0.1, 0.15) is 17.4 Å². The second kappa shape index (κ2) is 10.2. The minimum absolute atomic E-state index is 0.00930. The maximum absolute atomic E-state index is 12.1. The van der Waals surface area contributed by atoms with Crippen LogP contribution < -0.4 is 21.1 Å². The van der Waals surface area contributed by atoms with E-state index in [1.807, 2.05) is 30.3 Å². The Hall–Kier alpha value is -3.65. The highest BCUT2D eigenvalue weighted by atomic mass is 32.1. The Labute approximate surface area is 177 Å². The summed E-state index contributed by atoms with van der Waals surface area (Å²) in [6, 6.07) is 18.4. The summed E-state index contributed by atoms with van der Waals surface area (Å²) in [7, 11) is 0. The fourth-order valence-electron chi connectivity index (χ4n) is 2.62. The van der Waals surface area contributed by atoms with E-state index in [-0.39, 0.29) is 30.2 Å². The number of ether oxygens (including phenoxy) is 1. The molecule has 0 aliphatic heterocycles. The monoisotopic (exact) mass is 423 g/mol. The number of carbonyl (C=O) groups is 3. The number of rotatable bonds is 9. The first-order valence-electron chi connectivity index (χ1n) is 9.25. The molecule has 0 radical (unpaired) electrons. The molecule has 0 spiro atoms. The summed E-state index contributed by atoms with van der Waals surface area (Å²) in [5.41, 5.74) is 7.18. The predicted molar refractivity (Wildman–Crippen MR) is 117 cm³/mol. The molecule has 154 valence electrons. The maximum Gasteiger partial charge on any atom is 0.251 e. The van der Waals surface area contributed by atoms with E-state index >= 15 is 0 Å². The van der Waals surface area contributed by atoms with Gasteiger partial charge in [-0.2, -0.15) is 0 Å². The van der Waals surface area contributed by atoms with E-state index in [0.717, 1.165) is 5.56 Å². The summed E-state index contributed by atoms with van der Waals surface area (Å²) >= 11 is 1.20. The molecule has 0 bridgehead atoms. The van der Waals surface area contributed by atoms with Crippen molar-refractivity contribution in [1.29, 1.82) is 0 Å². The highest BCUT2D eigenvalue weighted by molar-refractivity contribution is 7.14. The Morgan fingerprint density at radius 2 is 1.53 bits per heavy atom. The standard InChI is InChI=1S/C22H21N3O4S/c23-21(28)18-12-13-30-22(18)25-20(27)11-10-19(26)24-16-6-8-17(9-7-16)29-14-15-4-2-1-3-5-15/h1-9,12-13H,10-11,14H2,(H2,23,28)(H,24,26)(H,25,27). The summed E-state index contributed by atoms with van der Waals surface area (Å²) in [5, 5.41) is 7.40. The van der Waals surface area contributed by atoms with Crippen LogP contribution in [0.4, 0.5) is 10.7 Å². The lowest BCUT2D eigenvalue weighted by molar-refractivity contribution is -0.121. The van der Waals surface area contributed by atoms with Gasteiger partial charge in [-0.1, -0.05) is 30.3 Å². The molecule has 0 aliphatic rings. The molecule has 8 heteroatoms. The van der Waals surface area contributed by atoms with Gasteiger partial charge in [0.2, 0.25) is 11.8 Å². The molecule has 3 aromatic rings. The second-order valence-corrected chi connectivity index (χ2v) is 7.34. The lowest BCUT2D eigenvalue weighted by Gasteiger charge is -2.09. The van der Waals surface area contributed by atoms with Gasteiger partial charge in [0.15, 0.2) is 0 Å². The molecule has 0 saturated heterocycles. The number of amides is 3. The minimum Gasteiger partial charge on any atom is -0.489 e. The third-order valence-electron chi connectivity index (χ3n) is 4.15. The normalized spacial score (nSPS) is 10.3. The smallest absolute Gasteiger partial charge is 0.251 e. The van der Waals surface area contributed by atoms with E-state index in [1.165, 1.54) is 11.3 Å². The predicted octanol–water partition coefficient (Wildman–Crippen LogP) is 3.78. The fraction of sp³-hybridized carbons (Fsp3) is 0.136. The first-order chi connectivity index (χ1) is 14.5. The van der Waals surface area contributed by atoms with Crippen LogP contribution in [0.2, 0.25) is 0 Å². The van der Waals surface area contributed by atoms with Gasteiger partial charge < -0.3 is 21.1 Å². The Bertz CT molecular complexity index is 1020. The highest BCUT2D eigenvalue weighted by Crippen LogP contribution is 2.23. The van der Waals surface area contributed by atoms with E-state index in [9.17, 15) is 14.4 Å². The lowest BCUT2D eigenvalue weighted by Crippen LogP contribution is -2.19. The molecule has 7 nitrogen and oxygen atoms in total. The van der Waals surface area contributed by atoms with Gasteiger partial charge in [0, 0.05) is 18.5 Å². The van der Waals surface area contributed by atoms with Crippen LogP contribution in [0.3, 0.4) is 0 Å². The van der Waals surface area contributed by atoms with Gasteiger partial charge in [0.25, 0.3) is 5.91 Å². The Kier molecular flexibility index (Phi) is 7.18. The zero-order valence-corrected chi connectivity index (χ0v) is 16.9. The first-order valence-corrected chi connectivity index (χ1v) is 10.1. The van der Waals surface area contributed by atoms with E-state index < -0.39 is 5.91 Å². The van der Waals surface area contributed by atoms with Crippen molar-refractivity contribution in [2.24, 2.45) is 5.73 Å². The van der Waals surface area contributed by atoms with Crippen LogP contribution in [0.15, 0.2) is 66.0 Å². The third kappa shape index (κ3) is 6.18. The van der Waals surface area contributed by atoms with Crippen LogP contribution in [0.25, 0.3) is 0 Å². The molecule has 0 saturated carbocycles. The molecular formula is C22H21N3O4S. The van der Waals surface area contributed by atoms with E-state index in [4.69, 9.17) is 10.5 Å². The van der Waals surface area contributed by atoms with Crippen molar-refractivity contribution in [2.45, 2.75) is 19.4 Å². The van der Waals surface area contributed by atoms with Crippen molar-refractivity contribution < 1.29 is 19.1 Å². The van der Waals surface area contributed by atoms with Crippen molar-refractivity contribution in [3.05, 3.63) is 77.2 Å². The molecular weight excluding hydrogens is 402 g/mol. The molecule has 1 heterocycles. The number of nitrogens with two attached hydrogens (primary N) is 1. The second-order valence-electron chi connectivity index (χ2n) is 6.42. The van der Waals surface area contributed by atoms with Crippen LogP contribution >= 0.6 is 11.3 Å². The Morgan fingerprint density at radius 1 is 0.867 bits per heavy atom. The fourth-order valence-corrected chi connectivity index (χ4v) is 3.42. The Morgan fingerprint density at radius 3 is 2.20 bits per heavy atom. The van der Waals surface area contributed by atoms with Gasteiger partial charge in [-0.15, -0.1) is 11.3 Å². The molecule has 0 aliphatic carbocycles. The zero-order valence-electron chi connectivity index (χ0n) is 16.1. The first kappa shape index (κ1) is 21.1. The SMILES string of the molecule is NC(=O)c1ccsc1NC(=O)CCC(=O)Nc1ccc(OCc2ccccc2)cc1. The summed E-state index contributed by atoms with van der Waals surface area (Å²) in [4.78, 5) is 35.4. The molecule has 3 amide bonds. The topological polar surface area (TPSA) is 111 Å². The van der Waals surface area contributed by atoms with Gasteiger partial charge in [-0.3, -0.25) is 14.4 Å². The summed E-state index contributed by atoms with van der Waals surface area (Å²) < 4.78 is 5.71. The van der Waals surface area contributed by atoms with Crippen molar-refractivity contribution in [2.75, 3.05) is 10.6 Å². The van der Waals surface area contributed by atoms with Gasteiger partial charge in [-0.25, -0.2) is 0 Å². The van der Waals surface area contributed by atoms with E-state index in [2.05, 4.69) is 10.6 Å². The Balaban J connectivity index is 1.42. The number of nitrogens with one attached hydrogen (secondary N) is 2. The van der Waals surface area contributed by atoms with Crippen molar-refractivity contribution >= 4 is 39.7 Å². The largest absolute Gasteiger partial charge is 0.489 e. The quantitative estimate of drug-likeness (QED) is 0.486. The van der Waals surface area contributed by atoms with Crippen molar-refractivity contribution in [3.63, 3.8) is 0 Å². The molecule has 30 heavy (non-hydrogen) atoms. The average molecular weight is 423 g/mol. The van der Waals surface area contributed by atoms with Crippen molar-refractivity contribution in [3.8, 4) is 5.75 Å². The average Bonchev–Trinajstić information content (AvgIpc) is 3.21. The van der Waals surface area contributed by atoms with Crippen LogP contribution in [-0.4, -0.2) is 17.7 Å². The van der Waals surface area contributed by atoms with Crippen LogP contribution in [0.5, 0.6) is 5.75 Å². The molecule has 4 N–H and O–H groups in total. The summed E-state index contributed by atoms with van der Waals surface area (Å²) in [6.07, 6.45) is -0.00439. The lowest BCUT2D eigenvalue weighted by atomic mass is 10.2. The number of carbonyl (C=O) groups excluding carboxylic acids is 3. The number of hydrogen-bond donors (Lipinski definition) is 3. The van der Waals surface area contributed by atoms with Gasteiger partial charge >= 0.3 is 0 Å². The van der Waals surface area contributed by atoms with Crippen LogP contribution in [0.1, 0.15) is 28.8 Å². The van der Waals surface area contributed by atoms with E-state index in [0.29, 0.717) is 23.0 Å². The molecule has 2 aromatic carbocycles. The summed E-state index contributed by atoms with van der Waals surface area (Å²) in [5.74, 6) is -0.568. The number of thiophene rings is 1. The molecule has 0 atom stereocenters. The number of primary amides is 1. The van der Waals surface area contributed by atoms with Crippen molar-refractivity contribution in [1.82, 2.24) is 0 Å². The molecule has 1 aromatic heterocycles. The van der Waals surface area contributed by atoms with Crippen LogP contribution in [-0.2, 0) is 16.2 Å². The zero-order chi connectivity index (χ0) is 21.3. The van der Waals surface area contributed by atoms with E-state index in [1.54, 1.807) is 35.7 Å². The number of anilines is 2. The summed E-state index contributed by atoms with van der Waals surface area (Å²) in [6.45, 7) is 0.462. The highest BCUT2D eigenvalue weighted by Gasteiger charge is 2.13. The number of hydrogen-bond acceptors (Lipinski definition) is 5. The van der Waals surface area contributed by atoms with Crippen LogP contribution in [0, 0.1) is 0 Å². The minimum atomic E-state index is -0.611. The van der Waals surface area contributed by atoms with Gasteiger partial charge in [0.05, 0.1) is 5.56 Å². The molecule has 3 rings (SSSR count). The maximum atomic E-state index is 12.1. The van der Waals surface area contributed by atoms with Gasteiger partial charge in [-0.05, 0) is 41.3 Å². The molecule has 0 fully saturated rings. The molecule has 0 unspecified atom stereocenters. The number of benzene rings is 2. The third-order valence-corrected chi connectivity index (χ3v) is 4.98.